The third-order valence-corrected chi connectivity index (χ3v) is 3.14. The highest BCUT2D eigenvalue weighted by atomic mass is 16.5. The number of nitrogens with zero attached hydrogens (tertiary/aromatic N) is 2. The molecule has 0 saturated carbocycles. The summed E-state index contributed by atoms with van der Waals surface area (Å²) < 4.78 is 10.6. The third-order valence-electron chi connectivity index (χ3n) is 3.14. The second-order valence-electron chi connectivity index (χ2n) is 4.46. The summed E-state index contributed by atoms with van der Waals surface area (Å²) in [5.74, 6) is 1.41. The van der Waals surface area contributed by atoms with Crippen molar-refractivity contribution in [3.63, 3.8) is 0 Å². The van der Waals surface area contributed by atoms with Gasteiger partial charge in [-0.05, 0) is 30.8 Å². The Morgan fingerprint density at radius 3 is 2.65 bits per heavy atom. The van der Waals surface area contributed by atoms with Gasteiger partial charge in [-0.15, -0.1) is 0 Å². The van der Waals surface area contributed by atoms with Gasteiger partial charge in [0.25, 0.3) is 0 Å². The molecule has 5 nitrogen and oxygen atoms in total. The fraction of sp³-hybridized carbons (Fsp3) is 0.400. The molecule has 0 bridgehead atoms. The number of aromatic nitrogens is 1. The summed E-state index contributed by atoms with van der Waals surface area (Å²) in [5, 5.41) is 8.98. The minimum absolute atomic E-state index is 0.150. The molecule has 0 amide bonds. The summed E-state index contributed by atoms with van der Waals surface area (Å²) in [6.45, 7) is 4.39. The SMILES string of the molecule is CCN(CCO)Cc1coc(-c2ccc(OC)cc2)n1. The zero-order valence-corrected chi connectivity index (χ0v) is 11.9. The molecule has 0 aliphatic rings. The third kappa shape index (κ3) is 3.59. The predicted octanol–water partition coefficient (Wildman–Crippen LogP) is 2.16. The Morgan fingerprint density at radius 2 is 2.05 bits per heavy atom. The van der Waals surface area contributed by atoms with E-state index in [0.29, 0.717) is 19.0 Å². The first-order chi connectivity index (χ1) is 9.76. The minimum Gasteiger partial charge on any atom is -0.497 e. The molecule has 108 valence electrons. The van der Waals surface area contributed by atoms with Gasteiger partial charge in [-0.25, -0.2) is 4.98 Å². The second-order valence-corrected chi connectivity index (χ2v) is 4.46. The Balaban J connectivity index is 2.07. The van der Waals surface area contributed by atoms with Gasteiger partial charge < -0.3 is 14.3 Å². The van der Waals surface area contributed by atoms with Crippen molar-refractivity contribution in [2.45, 2.75) is 13.5 Å². The van der Waals surface area contributed by atoms with Gasteiger partial charge in [-0.2, -0.15) is 0 Å². The van der Waals surface area contributed by atoms with Crippen molar-refractivity contribution in [2.75, 3.05) is 26.8 Å². The van der Waals surface area contributed by atoms with Crippen LogP contribution in [-0.2, 0) is 6.54 Å². The molecular formula is C15H20N2O3. The topological polar surface area (TPSA) is 58.7 Å². The first-order valence-electron chi connectivity index (χ1n) is 6.69. The van der Waals surface area contributed by atoms with Crippen LogP contribution in [0.15, 0.2) is 34.9 Å². The fourth-order valence-electron chi connectivity index (χ4n) is 1.97. The molecule has 0 fully saturated rings. The van der Waals surface area contributed by atoms with Crippen LogP contribution >= 0.6 is 0 Å². The van der Waals surface area contributed by atoms with E-state index in [1.807, 2.05) is 24.3 Å². The van der Waals surface area contributed by atoms with Crippen LogP contribution in [0.4, 0.5) is 0 Å². The van der Waals surface area contributed by atoms with Gasteiger partial charge in [0.1, 0.15) is 12.0 Å². The van der Waals surface area contributed by atoms with E-state index >= 15 is 0 Å². The van der Waals surface area contributed by atoms with Crippen LogP contribution in [0.5, 0.6) is 5.75 Å². The van der Waals surface area contributed by atoms with Crippen LogP contribution in [0.3, 0.4) is 0 Å². The van der Waals surface area contributed by atoms with Crippen LogP contribution in [0, 0.1) is 0 Å². The molecule has 0 radical (unpaired) electrons. The van der Waals surface area contributed by atoms with E-state index in [2.05, 4.69) is 16.8 Å². The number of rotatable bonds is 7. The zero-order valence-electron chi connectivity index (χ0n) is 11.9. The average Bonchev–Trinajstić information content (AvgIpc) is 2.95. The molecule has 2 rings (SSSR count). The number of hydrogen-bond acceptors (Lipinski definition) is 5. The van der Waals surface area contributed by atoms with Crippen molar-refractivity contribution in [2.24, 2.45) is 0 Å². The summed E-state index contributed by atoms with van der Waals surface area (Å²) >= 11 is 0. The molecule has 20 heavy (non-hydrogen) atoms. The van der Waals surface area contributed by atoms with E-state index in [1.54, 1.807) is 13.4 Å². The molecule has 0 aliphatic heterocycles. The number of methoxy groups -OCH3 is 1. The number of ether oxygens (including phenoxy) is 1. The monoisotopic (exact) mass is 276 g/mol. The molecule has 0 atom stereocenters. The van der Waals surface area contributed by atoms with Crippen LogP contribution in [0.2, 0.25) is 0 Å². The van der Waals surface area contributed by atoms with E-state index in [4.69, 9.17) is 14.3 Å². The lowest BCUT2D eigenvalue weighted by Gasteiger charge is -2.16. The second kappa shape index (κ2) is 7.07. The van der Waals surface area contributed by atoms with Gasteiger partial charge in [-0.3, -0.25) is 4.90 Å². The number of benzene rings is 1. The lowest BCUT2D eigenvalue weighted by atomic mass is 10.2. The van der Waals surface area contributed by atoms with E-state index in [-0.39, 0.29) is 6.61 Å². The molecule has 0 aliphatic carbocycles. The molecule has 0 spiro atoms. The average molecular weight is 276 g/mol. The van der Waals surface area contributed by atoms with Gasteiger partial charge in [0.05, 0.1) is 19.4 Å². The predicted molar refractivity (Wildman–Crippen MR) is 76.5 cm³/mol. The molecular weight excluding hydrogens is 256 g/mol. The number of aliphatic hydroxyl groups is 1. The largest absolute Gasteiger partial charge is 0.497 e. The maximum absolute atomic E-state index is 8.98. The fourth-order valence-corrected chi connectivity index (χ4v) is 1.97. The molecule has 1 heterocycles. The van der Waals surface area contributed by atoms with Crippen molar-refractivity contribution >= 4 is 0 Å². The van der Waals surface area contributed by atoms with Crippen molar-refractivity contribution in [1.82, 2.24) is 9.88 Å². The Labute approximate surface area is 118 Å². The standard InChI is InChI=1S/C15H20N2O3/c1-3-17(8-9-18)10-13-11-20-15(16-13)12-4-6-14(19-2)7-5-12/h4-7,11,18H,3,8-10H2,1-2H3. The summed E-state index contributed by atoms with van der Waals surface area (Å²) in [5.41, 5.74) is 1.79. The van der Waals surface area contributed by atoms with Gasteiger partial charge in [-0.1, -0.05) is 6.92 Å². The van der Waals surface area contributed by atoms with Crippen molar-refractivity contribution in [3.05, 3.63) is 36.2 Å². The number of oxazole rings is 1. The van der Waals surface area contributed by atoms with Gasteiger partial charge in [0, 0.05) is 18.7 Å². The first-order valence-corrected chi connectivity index (χ1v) is 6.69. The zero-order chi connectivity index (χ0) is 14.4. The van der Waals surface area contributed by atoms with Crippen LogP contribution in [0.1, 0.15) is 12.6 Å². The van der Waals surface area contributed by atoms with Crippen molar-refractivity contribution in [1.29, 1.82) is 0 Å². The molecule has 1 aromatic carbocycles. The van der Waals surface area contributed by atoms with E-state index < -0.39 is 0 Å². The quantitative estimate of drug-likeness (QED) is 0.840. The molecule has 2 aromatic rings. The number of aliphatic hydroxyl groups excluding tert-OH is 1. The van der Waals surface area contributed by atoms with Gasteiger partial charge in [0.2, 0.25) is 5.89 Å². The Bertz CT molecular complexity index is 522. The molecule has 5 heteroatoms. The lowest BCUT2D eigenvalue weighted by molar-refractivity contribution is 0.195. The number of likely N-dealkylation sites (N-methyl/N-ethyl adjacent to an activating group) is 1. The normalized spacial score (nSPS) is 11.0. The maximum Gasteiger partial charge on any atom is 0.226 e. The first kappa shape index (κ1) is 14.6. The molecule has 0 saturated heterocycles. The minimum atomic E-state index is 0.150. The van der Waals surface area contributed by atoms with E-state index in [0.717, 1.165) is 23.6 Å². The van der Waals surface area contributed by atoms with Gasteiger partial charge >= 0.3 is 0 Å². The lowest BCUT2D eigenvalue weighted by Crippen LogP contribution is -2.26. The Morgan fingerprint density at radius 1 is 1.30 bits per heavy atom. The number of hydrogen-bond donors (Lipinski definition) is 1. The van der Waals surface area contributed by atoms with Crippen molar-refractivity contribution in [3.8, 4) is 17.2 Å². The van der Waals surface area contributed by atoms with Crippen LogP contribution < -0.4 is 4.74 Å². The highest BCUT2D eigenvalue weighted by Gasteiger charge is 2.10. The van der Waals surface area contributed by atoms with Crippen molar-refractivity contribution < 1.29 is 14.3 Å². The highest BCUT2D eigenvalue weighted by Crippen LogP contribution is 2.22. The molecule has 1 aromatic heterocycles. The van der Waals surface area contributed by atoms with Crippen LogP contribution in [-0.4, -0.2) is 41.8 Å². The van der Waals surface area contributed by atoms with E-state index in [9.17, 15) is 0 Å². The van der Waals surface area contributed by atoms with Gasteiger partial charge in [0.15, 0.2) is 0 Å². The van der Waals surface area contributed by atoms with E-state index in [1.165, 1.54) is 0 Å². The molecule has 0 unspecified atom stereocenters. The van der Waals surface area contributed by atoms with Crippen LogP contribution in [0.25, 0.3) is 11.5 Å². The maximum atomic E-state index is 8.98. The Hall–Kier alpha value is -1.85. The Kier molecular flexibility index (Phi) is 5.15. The molecule has 1 N–H and O–H groups in total. The summed E-state index contributed by atoms with van der Waals surface area (Å²) in [6.07, 6.45) is 1.67. The summed E-state index contributed by atoms with van der Waals surface area (Å²) in [4.78, 5) is 6.58. The highest BCUT2D eigenvalue weighted by molar-refractivity contribution is 5.54. The smallest absolute Gasteiger partial charge is 0.226 e. The summed E-state index contributed by atoms with van der Waals surface area (Å²) in [6, 6.07) is 7.59. The summed E-state index contributed by atoms with van der Waals surface area (Å²) in [7, 11) is 1.64.